The zero-order valence-electron chi connectivity index (χ0n) is 7.69. The lowest BCUT2D eigenvalue weighted by atomic mass is 10.3. The topological polar surface area (TPSA) is 103 Å². The van der Waals surface area contributed by atoms with Gasteiger partial charge in [0.25, 0.3) is 0 Å². The highest BCUT2D eigenvalue weighted by molar-refractivity contribution is 5.93. The average molecular weight is 231 g/mol. The molecule has 0 radical (unpaired) electrons. The lowest BCUT2D eigenvalue weighted by Gasteiger charge is -1.95. The van der Waals surface area contributed by atoms with E-state index in [0.717, 1.165) is 0 Å². The van der Waals surface area contributed by atoms with Crippen LogP contribution in [0.1, 0.15) is 0 Å². The molecule has 6 N–H and O–H groups in total. The molecule has 0 heterocycles. The third-order valence-corrected chi connectivity index (χ3v) is 1.31. The number of hydrogen-bond donors (Lipinski definition) is 3. The van der Waals surface area contributed by atoms with Crippen molar-refractivity contribution in [2.45, 2.75) is 0 Å². The number of aliphatic imine (C=N–C) groups is 2. The minimum Gasteiger partial charge on any atom is -1.00 e. The molecule has 0 saturated carbocycles. The van der Waals surface area contributed by atoms with Crippen molar-refractivity contribution in [3.63, 3.8) is 0 Å². The summed E-state index contributed by atoms with van der Waals surface area (Å²) in [6.45, 7) is 0. The molecule has 0 saturated heterocycles. The van der Waals surface area contributed by atoms with Crippen LogP contribution in [0.5, 0.6) is 0 Å². The predicted octanol–water partition coefficient (Wildman–Crippen LogP) is -2.95. The summed E-state index contributed by atoms with van der Waals surface area (Å²) in [4.78, 5) is 7.32. The van der Waals surface area contributed by atoms with E-state index in [2.05, 4.69) is 9.98 Å². The van der Waals surface area contributed by atoms with Crippen LogP contribution < -0.4 is 29.6 Å². The third-order valence-electron chi connectivity index (χ3n) is 1.31. The highest BCUT2D eigenvalue weighted by atomic mass is 35.5. The van der Waals surface area contributed by atoms with Crippen LogP contribution in [0.2, 0.25) is 0 Å². The Kier molecular flexibility index (Phi) is 5.11. The molecule has 0 unspecified atom stereocenters. The molecule has 0 atom stereocenters. The van der Waals surface area contributed by atoms with Gasteiger partial charge in [-0.1, -0.05) is 0 Å². The van der Waals surface area contributed by atoms with Gasteiger partial charge in [-0.25, -0.2) is 9.38 Å². The van der Waals surface area contributed by atoms with E-state index in [-0.39, 0.29) is 30.1 Å². The lowest BCUT2D eigenvalue weighted by Crippen LogP contribution is -3.00. The Morgan fingerprint density at radius 2 is 1.60 bits per heavy atom. The van der Waals surface area contributed by atoms with Crippen molar-refractivity contribution in [3.8, 4) is 0 Å². The fourth-order valence-electron chi connectivity index (χ4n) is 0.805. The Bertz CT molecular complexity index is 369. The summed E-state index contributed by atoms with van der Waals surface area (Å²) in [6, 6.07) is 5.46. The Hall–Kier alpha value is -1.82. The molecule has 1 aromatic rings. The summed E-state index contributed by atoms with van der Waals surface area (Å²) in [5.74, 6) is -0.589. The standard InChI is InChI=1S/C8H10FN5.ClH/c9-5-1-3-6(4-2-5)13-8(12)14-7(10)11;/h1-4H,(H6,10,11,12,13,14);1H/p-1. The molecule has 1 aromatic carbocycles. The van der Waals surface area contributed by atoms with Crippen molar-refractivity contribution in [3.05, 3.63) is 30.1 Å². The monoisotopic (exact) mass is 230 g/mol. The molecule has 0 spiro atoms. The number of nitrogens with zero attached hydrogens (tertiary/aromatic N) is 2. The molecule has 7 heteroatoms. The van der Waals surface area contributed by atoms with E-state index in [4.69, 9.17) is 17.2 Å². The molecule has 0 aliphatic rings. The highest BCUT2D eigenvalue weighted by Gasteiger charge is 1.93. The van der Waals surface area contributed by atoms with E-state index in [1.54, 1.807) is 0 Å². The van der Waals surface area contributed by atoms with Crippen molar-refractivity contribution < 1.29 is 16.8 Å². The van der Waals surface area contributed by atoms with Crippen molar-refractivity contribution in [1.29, 1.82) is 0 Å². The fraction of sp³-hybridized carbons (Fsp3) is 0. The van der Waals surface area contributed by atoms with Crippen molar-refractivity contribution in [2.24, 2.45) is 27.2 Å². The van der Waals surface area contributed by atoms with Gasteiger partial charge >= 0.3 is 0 Å². The van der Waals surface area contributed by atoms with Crippen molar-refractivity contribution >= 4 is 17.6 Å². The Morgan fingerprint density at radius 1 is 1.07 bits per heavy atom. The average Bonchev–Trinajstić information content (AvgIpc) is 2.07. The van der Waals surface area contributed by atoms with Gasteiger partial charge < -0.3 is 29.6 Å². The van der Waals surface area contributed by atoms with Crippen LogP contribution in [0.15, 0.2) is 34.3 Å². The summed E-state index contributed by atoms with van der Waals surface area (Å²) >= 11 is 0. The van der Waals surface area contributed by atoms with E-state index in [1.807, 2.05) is 0 Å². The van der Waals surface area contributed by atoms with Gasteiger partial charge in [0.2, 0.25) is 5.96 Å². The second-order valence-electron chi connectivity index (χ2n) is 2.48. The Balaban J connectivity index is 0.00000196. The first-order chi connectivity index (χ1) is 6.58. The number of hydrogen-bond acceptors (Lipinski definition) is 1. The molecular formula is C8H10ClFN5-. The summed E-state index contributed by atoms with van der Waals surface area (Å²) in [6.07, 6.45) is 0. The quantitative estimate of drug-likeness (QED) is 0.355. The molecule has 0 fully saturated rings. The second kappa shape index (κ2) is 5.82. The molecule has 0 amide bonds. The molecule has 5 nitrogen and oxygen atoms in total. The first-order valence-corrected chi connectivity index (χ1v) is 3.77. The molecule has 0 aromatic heterocycles. The van der Waals surface area contributed by atoms with Gasteiger partial charge in [0.05, 0.1) is 5.69 Å². The molecule has 0 bridgehead atoms. The largest absolute Gasteiger partial charge is 1.00 e. The van der Waals surface area contributed by atoms with Gasteiger partial charge in [0, 0.05) is 0 Å². The minimum absolute atomic E-state index is 0. The van der Waals surface area contributed by atoms with E-state index < -0.39 is 0 Å². The predicted molar refractivity (Wildman–Crippen MR) is 53.5 cm³/mol. The van der Waals surface area contributed by atoms with Gasteiger partial charge in [0.1, 0.15) is 5.82 Å². The minimum atomic E-state index is -0.343. The van der Waals surface area contributed by atoms with E-state index in [0.29, 0.717) is 5.69 Å². The highest BCUT2D eigenvalue weighted by Crippen LogP contribution is 2.11. The Labute approximate surface area is 92.3 Å². The zero-order valence-corrected chi connectivity index (χ0v) is 8.45. The molecule has 0 aliphatic carbocycles. The maximum Gasteiger partial charge on any atom is 0.223 e. The second-order valence-corrected chi connectivity index (χ2v) is 2.48. The summed E-state index contributed by atoms with van der Waals surface area (Å²) in [5, 5.41) is 0. The van der Waals surface area contributed by atoms with Gasteiger partial charge in [-0.15, -0.1) is 0 Å². The molecule has 0 aliphatic heterocycles. The normalized spacial score (nSPS) is 10.3. The van der Waals surface area contributed by atoms with E-state index in [9.17, 15) is 4.39 Å². The zero-order chi connectivity index (χ0) is 10.6. The first kappa shape index (κ1) is 13.2. The number of halogens is 2. The van der Waals surface area contributed by atoms with Gasteiger partial charge in [-0.2, -0.15) is 4.99 Å². The van der Waals surface area contributed by atoms with Gasteiger partial charge in [0.15, 0.2) is 5.96 Å². The maximum absolute atomic E-state index is 12.5. The SMILES string of the molecule is NC(N)=NC(N)=Nc1ccc(F)cc1.[Cl-]. The first-order valence-electron chi connectivity index (χ1n) is 3.77. The fourth-order valence-corrected chi connectivity index (χ4v) is 0.805. The third kappa shape index (κ3) is 4.82. The summed E-state index contributed by atoms with van der Waals surface area (Å²) in [7, 11) is 0. The molecular weight excluding hydrogens is 221 g/mol. The van der Waals surface area contributed by atoms with Crippen LogP contribution in [-0.2, 0) is 0 Å². The smallest absolute Gasteiger partial charge is 0.223 e. The Morgan fingerprint density at radius 3 is 2.07 bits per heavy atom. The number of guanidine groups is 2. The van der Waals surface area contributed by atoms with Gasteiger partial charge in [-0.05, 0) is 24.3 Å². The van der Waals surface area contributed by atoms with E-state index in [1.165, 1.54) is 24.3 Å². The van der Waals surface area contributed by atoms with Crippen LogP contribution in [0.3, 0.4) is 0 Å². The number of benzene rings is 1. The van der Waals surface area contributed by atoms with Crippen LogP contribution in [-0.4, -0.2) is 11.9 Å². The van der Waals surface area contributed by atoms with Crippen LogP contribution in [0.25, 0.3) is 0 Å². The van der Waals surface area contributed by atoms with Crippen molar-refractivity contribution in [2.75, 3.05) is 0 Å². The van der Waals surface area contributed by atoms with Crippen molar-refractivity contribution in [1.82, 2.24) is 0 Å². The van der Waals surface area contributed by atoms with Gasteiger partial charge in [-0.3, -0.25) is 0 Å². The molecule has 1 rings (SSSR count). The maximum atomic E-state index is 12.5. The van der Waals surface area contributed by atoms with Crippen LogP contribution >= 0.6 is 0 Å². The summed E-state index contributed by atoms with van der Waals surface area (Å²) < 4.78 is 12.5. The molecule has 15 heavy (non-hydrogen) atoms. The molecule has 82 valence electrons. The lowest BCUT2D eigenvalue weighted by molar-refractivity contribution is -0.00000407. The number of nitrogens with two attached hydrogens (primary N) is 3. The van der Waals surface area contributed by atoms with Crippen LogP contribution in [0.4, 0.5) is 10.1 Å². The van der Waals surface area contributed by atoms with E-state index >= 15 is 0 Å². The summed E-state index contributed by atoms with van der Waals surface area (Å²) in [5.41, 5.74) is 16.0. The van der Waals surface area contributed by atoms with Crippen LogP contribution in [0, 0.1) is 5.82 Å². The number of rotatable bonds is 1.